The van der Waals surface area contributed by atoms with Crippen LogP contribution < -0.4 is 5.73 Å². The molecular weight excluding hydrogens is 209 g/mol. The van der Waals surface area contributed by atoms with Crippen LogP contribution in [0, 0.1) is 19.7 Å². The first kappa shape index (κ1) is 8.53. The van der Waals surface area contributed by atoms with E-state index in [1.54, 1.807) is 13.0 Å². The molecule has 0 aliphatic rings. The van der Waals surface area contributed by atoms with Crippen molar-refractivity contribution in [3.05, 3.63) is 27.5 Å². The largest absolute Gasteiger partial charge is 0.398 e. The van der Waals surface area contributed by atoms with Gasteiger partial charge in [0, 0.05) is 11.3 Å². The molecule has 0 unspecified atom stereocenters. The molecule has 3 heteroatoms. The van der Waals surface area contributed by atoms with Crippen molar-refractivity contribution in [1.82, 2.24) is 0 Å². The average molecular weight is 218 g/mol. The molecule has 0 amide bonds. The van der Waals surface area contributed by atoms with Gasteiger partial charge in [0.2, 0.25) is 0 Å². The first-order chi connectivity index (χ1) is 5.04. The lowest BCUT2D eigenvalue weighted by Gasteiger charge is -2.06. The Kier molecular flexibility index (Phi) is 2.18. The molecule has 0 heterocycles. The summed E-state index contributed by atoms with van der Waals surface area (Å²) in [4.78, 5) is 0. The quantitative estimate of drug-likeness (QED) is 0.665. The molecule has 1 rings (SSSR count). The Morgan fingerprint density at radius 2 is 2.00 bits per heavy atom. The van der Waals surface area contributed by atoms with Crippen molar-refractivity contribution in [2.24, 2.45) is 0 Å². The van der Waals surface area contributed by atoms with E-state index in [1.165, 1.54) is 0 Å². The highest BCUT2D eigenvalue weighted by Crippen LogP contribution is 2.26. The van der Waals surface area contributed by atoms with Gasteiger partial charge in [-0.3, -0.25) is 0 Å². The van der Waals surface area contributed by atoms with E-state index in [9.17, 15) is 4.39 Å². The highest BCUT2D eigenvalue weighted by Gasteiger charge is 2.07. The Labute approximate surface area is 73.5 Å². The summed E-state index contributed by atoms with van der Waals surface area (Å²) in [6.07, 6.45) is 0. The fraction of sp³-hybridized carbons (Fsp3) is 0.250. The third-order valence-electron chi connectivity index (χ3n) is 1.71. The molecule has 1 aromatic carbocycles. The summed E-state index contributed by atoms with van der Waals surface area (Å²) < 4.78 is 13.5. The van der Waals surface area contributed by atoms with Crippen LogP contribution in [0.1, 0.15) is 11.1 Å². The van der Waals surface area contributed by atoms with E-state index in [1.807, 2.05) is 6.92 Å². The van der Waals surface area contributed by atoms with E-state index >= 15 is 0 Å². The van der Waals surface area contributed by atoms with Crippen molar-refractivity contribution in [2.75, 3.05) is 5.73 Å². The Bertz CT molecular complexity index is 270. The van der Waals surface area contributed by atoms with Crippen molar-refractivity contribution < 1.29 is 4.39 Å². The van der Waals surface area contributed by atoms with Crippen molar-refractivity contribution in [3.63, 3.8) is 0 Å². The van der Waals surface area contributed by atoms with Gasteiger partial charge in [-0.1, -0.05) is 0 Å². The topological polar surface area (TPSA) is 26.0 Å². The van der Waals surface area contributed by atoms with Crippen molar-refractivity contribution in [3.8, 4) is 0 Å². The first-order valence-electron chi connectivity index (χ1n) is 3.24. The second-order valence-electron chi connectivity index (χ2n) is 2.53. The monoisotopic (exact) mass is 217 g/mol. The molecule has 0 bridgehead atoms. The van der Waals surface area contributed by atoms with Gasteiger partial charge in [0.05, 0.1) is 4.47 Å². The van der Waals surface area contributed by atoms with Crippen LogP contribution in [0.25, 0.3) is 0 Å². The van der Waals surface area contributed by atoms with Crippen LogP contribution >= 0.6 is 15.9 Å². The molecule has 1 aromatic rings. The minimum atomic E-state index is -0.270. The maximum absolute atomic E-state index is 13.0. The lowest BCUT2D eigenvalue weighted by atomic mass is 10.1. The lowest BCUT2D eigenvalue weighted by Crippen LogP contribution is -1.97. The molecule has 0 aliphatic carbocycles. The van der Waals surface area contributed by atoms with Crippen molar-refractivity contribution in [2.45, 2.75) is 13.8 Å². The highest BCUT2D eigenvalue weighted by atomic mass is 79.9. The number of hydrogen-bond donors (Lipinski definition) is 1. The highest BCUT2D eigenvalue weighted by molar-refractivity contribution is 9.10. The molecule has 11 heavy (non-hydrogen) atoms. The second kappa shape index (κ2) is 2.81. The molecule has 60 valence electrons. The third kappa shape index (κ3) is 1.38. The molecule has 0 radical (unpaired) electrons. The third-order valence-corrected chi connectivity index (χ3v) is 2.29. The predicted octanol–water partition coefficient (Wildman–Crippen LogP) is 2.79. The van der Waals surface area contributed by atoms with Gasteiger partial charge in [-0.15, -0.1) is 0 Å². The van der Waals surface area contributed by atoms with Crippen molar-refractivity contribution in [1.29, 1.82) is 0 Å². The zero-order valence-electron chi connectivity index (χ0n) is 6.41. The van der Waals surface area contributed by atoms with E-state index in [-0.39, 0.29) is 5.82 Å². The molecule has 0 saturated heterocycles. The van der Waals surface area contributed by atoms with Crippen LogP contribution in [0.4, 0.5) is 10.1 Å². The molecule has 1 nitrogen and oxygen atoms in total. The van der Waals surface area contributed by atoms with Crippen LogP contribution in [-0.2, 0) is 0 Å². The number of nitrogens with two attached hydrogens (primary N) is 1. The lowest BCUT2D eigenvalue weighted by molar-refractivity contribution is 0.612. The van der Waals surface area contributed by atoms with Crippen molar-refractivity contribution >= 4 is 21.6 Å². The van der Waals surface area contributed by atoms with Gasteiger partial charge in [-0.25, -0.2) is 4.39 Å². The van der Waals surface area contributed by atoms with E-state index in [0.29, 0.717) is 15.7 Å². The van der Waals surface area contributed by atoms with Crippen LogP contribution in [0.15, 0.2) is 10.5 Å². The number of benzene rings is 1. The normalized spacial score (nSPS) is 10.2. The minimum Gasteiger partial charge on any atom is -0.398 e. The molecule has 0 spiro atoms. The number of anilines is 1. The Hall–Kier alpha value is -0.570. The summed E-state index contributed by atoms with van der Waals surface area (Å²) in [5.41, 5.74) is 7.53. The molecule has 0 saturated carbocycles. The predicted molar refractivity (Wildman–Crippen MR) is 48.0 cm³/mol. The maximum Gasteiger partial charge on any atom is 0.142 e. The summed E-state index contributed by atoms with van der Waals surface area (Å²) in [5, 5.41) is 0. The maximum atomic E-state index is 13.0. The van der Waals surface area contributed by atoms with Crippen LogP contribution in [0.5, 0.6) is 0 Å². The summed E-state index contributed by atoms with van der Waals surface area (Å²) in [6.45, 7) is 3.52. The summed E-state index contributed by atoms with van der Waals surface area (Å²) in [5.74, 6) is -0.270. The van der Waals surface area contributed by atoms with Gasteiger partial charge in [0.25, 0.3) is 0 Å². The van der Waals surface area contributed by atoms with Gasteiger partial charge in [-0.05, 0) is 41.4 Å². The second-order valence-corrected chi connectivity index (χ2v) is 3.38. The Morgan fingerprint density at radius 3 is 2.55 bits per heavy atom. The molecule has 0 aliphatic heterocycles. The SMILES string of the molecule is Cc1cc(Br)c(F)c(C)c1N. The van der Waals surface area contributed by atoms with Crippen LogP contribution in [0.3, 0.4) is 0 Å². The van der Waals surface area contributed by atoms with E-state index in [0.717, 1.165) is 5.56 Å². The number of aryl methyl sites for hydroxylation is 1. The summed E-state index contributed by atoms with van der Waals surface area (Å²) >= 11 is 3.10. The molecule has 2 N–H and O–H groups in total. The Morgan fingerprint density at radius 1 is 1.45 bits per heavy atom. The van der Waals surface area contributed by atoms with E-state index < -0.39 is 0 Å². The number of hydrogen-bond acceptors (Lipinski definition) is 1. The fourth-order valence-electron chi connectivity index (χ4n) is 0.924. The standard InChI is InChI=1S/C8H9BrFN/c1-4-3-6(9)7(10)5(2)8(4)11/h3H,11H2,1-2H3. The average Bonchev–Trinajstić information content (AvgIpc) is 1.97. The van der Waals surface area contributed by atoms with Gasteiger partial charge in [0.1, 0.15) is 5.82 Å². The smallest absolute Gasteiger partial charge is 0.142 e. The molecule has 0 atom stereocenters. The fourth-order valence-corrected chi connectivity index (χ4v) is 1.57. The van der Waals surface area contributed by atoms with Gasteiger partial charge < -0.3 is 5.73 Å². The summed E-state index contributed by atoms with van der Waals surface area (Å²) in [7, 11) is 0. The van der Waals surface area contributed by atoms with Gasteiger partial charge in [0.15, 0.2) is 0 Å². The number of rotatable bonds is 0. The molecular formula is C8H9BrFN. The van der Waals surface area contributed by atoms with Gasteiger partial charge >= 0.3 is 0 Å². The van der Waals surface area contributed by atoms with Crippen LogP contribution in [0.2, 0.25) is 0 Å². The minimum absolute atomic E-state index is 0.270. The van der Waals surface area contributed by atoms with Crippen LogP contribution in [-0.4, -0.2) is 0 Å². The van der Waals surface area contributed by atoms with Gasteiger partial charge in [-0.2, -0.15) is 0 Å². The molecule has 0 fully saturated rings. The van der Waals surface area contributed by atoms with E-state index in [2.05, 4.69) is 15.9 Å². The summed E-state index contributed by atoms with van der Waals surface area (Å²) in [6, 6.07) is 1.68. The number of nitrogen functional groups attached to an aromatic ring is 1. The Balaban J connectivity index is 3.46. The number of halogens is 2. The zero-order valence-corrected chi connectivity index (χ0v) is 8.00. The zero-order chi connectivity index (χ0) is 8.59. The van der Waals surface area contributed by atoms with E-state index in [4.69, 9.17) is 5.73 Å². The first-order valence-corrected chi connectivity index (χ1v) is 4.04. The molecule has 0 aromatic heterocycles.